The van der Waals surface area contributed by atoms with E-state index >= 15 is 0 Å². The molecule has 0 radical (unpaired) electrons. The number of amides is 1. The Morgan fingerprint density at radius 1 is 1.05 bits per heavy atom. The molecule has 1 saturated heterocycles. The number of carbonyl (C=O) groups is 1. The third kappa shape index (κ3) is 7.88. The van der Waals surface area contributed by atoms with E-state index in [1.165, 1.54) is 51.4 Å². The maximum atomic E-state index is 12.1. The molecule has 1 rings (SSSR count). The van der Waals surface area contributed by atoms with Gasteiger partial charge in [-0.2, -0.15) is 0 Å². The molecule has 0 aromatic heterocycles. The highest BCUT2D eigenvalue weighted by molar-refractivity contribution is 5.78. The van der Waals surface area contributed by atoms with Crippen LogP contribution < -0.4 is 5.32 Å². The zero-order valence-electron chi connectivity index (χ0n) is 13.8. The number of nitrogens with zero attached hydrogens (tertiary/aromatic N) is 1. The Morgan fingerprint density at radius 3 is 2.35 bits per heavy atom. The van der Waals surface area contributed by atoms with E-state index in [-0.39, 0.29) is 11.4 Å². The van der Waals surface area contributed by atoms with Crippen LogP contribution in [-0.4, -0.2) is 36.0 Å². The van der Waals surface area contributed by atoms with Crippen LogP contribution in [0, 0.1) is 0 Å². The lowest BCUT2D eigenvalue weighted by Gasteiger charge is -2.30. The molecule has 0 spiro atoms. The van der Waals surface area contributed by atoms with E-state index in [1.54, 1.807) is 0 Å². The molecule has 20 heavy (non-hydrogen) atoms. The molecule has 0 aromatic rings. The van der Waals surface area contributed by atoms with Crippen molar-refractivity contribution in [2.24, 2.45) is 0 Å². The molecule has 1 heterocycles. The fourth-order valence-corrected chi connectivity index (χ4v) is 2.97. The van der Waals surface area contributed by atoms with Gasteiger partial charge in [0.05, 0.1) is 6.54 Å². The van der Waals surface area contributed by atoms with Crippen LogP contribution >= 0.6 is 0 Å². The Hall–Kier alpha value is -0.570. The number of hydrogen-bond donors (Lipinski definition) is 1. The van der Waals surface area contributed by atoms with Crippen molar-refractivity contribution < 1.29 is 4.79 Å². The molecule has 0 aromatic carbocycles. The quantitative estimate of drug-likeness (QED) is 0.654. The Bertz CT molecular complexity index is 270. The average molecular weight is 282 g/mol. The molecule has 1 aliphatic rings. The molecule has 3 heteroatoms. The third-order valence-corrected chi connectivity index (χ3v) is 4.20. The van der Waals surface area contributed by atoms with Crippen molar-refractivity contribution in [3.8, 4) is 0 Å². The monoisotopic (exact) mass is 282 g/mol. The summed E-state index contributed by atoms with van der Waals surface area (Å²) in [6.07, 6.45) is 11.4. The molecule has 0 saturated carbocycles. The highest BCUT2D eigenvalue weighted by Crippen LogP contribution is 2.15. The predicted octanol–water partition coefficient (Wildman–Crippen LogP) is 3.73. The van der Waals surface area contributed by atoms with E-state index < -0.39 is 0 Å². The first-order chi connectivity index (χ1) is 9.53. The number of likely N-dealkylation sites (tertiary alicyclic amines) is 1. The molecule has 1 N–H and O–H groups in total. The standard InChI is InChI=1S/C17H34N2O/c1-4-5-6-7-9-12-17(2,3)18-16(20)15-19-13-10-8-11-14-19/h4-15H2,1-3H3,(H,18,20). The van der Waals surface area contributed by atoms with E-state index in [1.807, 2.05) is 0 Å². The van der Waals surface area contributed by atoms with Crippen LogP contribution in [0.4, 0.5) is 0 Å². The summed E-state index contributed by atoms with van der Waals surface area (Å²) in [4.78, 5) is 14.4. The summed E-state index contributed by atoms with van der Waals surface area (Å²) >= 11 is 0. The summed E-state index contributed by atoms with van der Waals surface area (Å²) in [5.41, 5.74) is -0.0565. The van der Waals surface area contributed by atoms with Crippen molar-refractivity contribution in [1.29, 1.82) is 0 Å². The Morgan fingerprint density at radius 2 is 1.70 bits per heavy atom. The number of nitrogens with one attached hydrogen (secondary N) is 1. The molecular formula is C17H34N2O. The Balaban J connectivity index is 2.17. The zero-order valence-corrected chi connectivity index (χ0v) is 13.8. The van der Waals surface area contributed by atoms with Crippen LogP contribution in [0.15, 0.2) is 0 Å². The zero-order chi connectivity index (χ0) is 14.8. The van der Waals surface area contributed by atoms with Gasteiger partial charge in [0, 0.05) is 5.54 Å². The first kappa shape index (κ1) is 17.5. The number of carbonyl (C=O) groups excluding carboxylic acids is 1. The van der Waals surface area contributed by atoms with Gasteiger partial charge < -0.3 is 5.32 Å². The van der Waals surface area contributed by atoms with Gasteiger partial charge in [-0.25, -0.2) is 0 Å². The van der Waals surface area contributed by atoms with E-state index in [9.17, 15) is 4.79 Å². The molecular weight excluding hydrogens is 248 g/mol. The normalized spacial score (nSPS) is 17.1. The maximum Gasteiger partial charge on any atom is 0.234 e. The first-order valence-electron chi connectivity index (χ1n) is 8.57. The molecule has 0 bridgehead atoms. The lowest BCUT2D eigenvalue weighted by atomic mass is 9.96. The van der Waals surface area contributed by atoms with E-state index in [4.69, 9.17) is 0 Å². The fourth-order valence-electron chi connectivity index (χ4n) is 2.97. The van der Waals surface area contributed by atoms with Gasteiger partial charge in [0.2, 0.25) is 5.91 Å². The SMILES string of the molecule is CCCCCCCC(C)(C)NC(=O)CN1CCCCC1. The topological polar surface area (TPSA) is 32.3 Å². The van der Waals surface area contributed by atoms with Gasteiger partial charge in [0.25, 0.3) is 0 Å². The lowest BCUT2D eigenvalue weighted by Crippen LogP contribution is -2.48. The molecule has 1 fully saturated rings. The van der Waals surface area contributed by atoms with Gasteiger partial charge in [0.1, 0.15) is 0 Å². The molecule has 1 aliphatic heterocycles. The summed E-state index contributed by atoms with van der Waals surface area (Å²) in [5, 5.41) is 3.21. The van der Waals surface area contributed by atoms with Crippen molar-refractivity contribution >= 4 is 5.91 Å². The molecule has 0 atom stereocenters. The molecule has 3 nitrogen and oxygen atoms in total. The minimum absolute atomic E-state index is 0.0565. The maximum absolute atomic E-state index is 12.1. The van der Waals surface area contributed by atoms with Gasteiger partial charge in [-0.15, -0.1) is 0 Å². The van der Waals surface area contributed by atoms with Crippen LogP contribution in [0.5, 0.6) is 0 Å². The van der Waals surface area contributed by atoms with Crippen LogP contribution in [0.1, 0.15) is 78.6 Å². The fraction of sp³-hybridized carbons (Fsp3) is 0.941. The lowest BCUT2D eigenvalue weighted by molar-refractivity contribution is -0.124. The highest BCUT2D eigenvalue weighted by Gasteiger charge is 2.21. The minimum atomic E-state index is -0.0565. The number of rotatable bonds is 9. The van der Waals surface area contributed by atoms with Crippen molar-refractivity contribution in [3.63, 3.8) is 0 Å². The predicted molar refractivity (Wildman–Crippen MR) is 85.9 cm³/mol. The second-order valence-electron chi connectivity index (χ2n) is 6.93. The van der Waals surface area contributed by atoms with Crippen molar-refractivity contribution in [2.45, 2.75) is 84.1 Å². The van der Waals surface area contributed by atoms with Crippen molar-refractivity contribution in [1.82, 2.24) is 10.2 Å². The van der Waals surface area contributed by atoms with Gasteiger partial charge in [0.15, 0.2) is 0 Å². The van der Waals surface area contributed by atoms with Crippen molar-refractivity contribution in [3.05, 3.63) is 0 Å². The van der Waals surface area contributed by atoms with Gasteiger partial charge in [-0.3, -0.25) is 9.69 Å². The summed E-state index contributed by atoms with van der Waals surface area (Å²) in [7, 11) is 0. The molecule has 0 aliphatic carbocycles. The van der Waals surface area contributed by atoms with Gasteiger partial charge >= 0.3 is 0 Å². The largest absolute Gasteiger partial charge is 0.350 e. The first-order valence-corrected chi connectivity index (χ1v) is 8.57. The molecule has 118 valence electrons. The van der Waals surface area contributed by atoms with E-state index in [0.29, 0.717) is 6.54 Å². The summed E-state index contributed by atoms with van der Waals surface area (Å²) in [5.74, 6) is 0.199. The van der Waals surface area contributed by atoms with E-state index in [0.717, 1.165) is 19.5 Å². The Kier molecular flexibility index (Phi) is 8.20. The van der Waals surface area contributed by atoms with Crippen LogP contribution in [-0.2, 0) is 4.79 Å². The van der Waals surface area contributed by atoms with E-state index in [2.05, 4.69) is 31.0 Å². The summed E-state index contributed by atoms with van der Waals surface area (Å²) in [6, 6.07) is 0. The number of piperidine rings is 1. The highest BCUT2D eigenvalue weighted by atomic mass is 16.2. The smallest absolute Gasteiger partial charge is 0.234 e. The molecule has 1 amide bonds. The van der Waals surface area contributed by atoms with Crippen LogP contribution in [0.2, 0.25) is 0 Å². The van der Waals surface area contributed by atoms with Gasteiger partial charge in [-0.1, -0.05) is 45.4 Å². The minimum Gasteiger partial charge on any atom is -0.350 e. The average Bonchev–Trinajstić information content (AvgIpc) is 2.38. The molecule has 0 unspecified atom stereocenters. The van der Waals surface area contributed by atoms with Crippen LogP contribution in [0.3, 0.4) is 0 Å². The summed E-state index contributed by atoms with van der Waals surface area (Å²) in [6.45, 7) is 9.31. The third-order valence-electron chi connectivity index (χ3n) is 4.20. The number of hydrogen-bond acceptors (Lipinski definition) is 2. The Labute approximate surface area is 125 Å². The van der Waals surface area contributed by atoms with Crippen molar-refractivity contribution in [2.75, 3.05) is 19.6 Å². The second kappa shape index (κ2) is 9.38. The second-order valence-corrected chi connectivity index (χ2v) is 6.93. The van der Waals surface area contributed by atoms with Crippen LogP contribution in [0.25, 0.3) is 0 Å². The van der Waals surface area contributed by atoms with Gasteiger partial charge in [-0.05, 0) is 46.2 Å². The summed E-state index contributed by atoms with van der Waals surface area (Å²) < 4.78 is 0. The number of unbranched alkanes of at least 4 members (excludes halogenated alkanes) is 4.